The molecule has 3 nitrogen and oxygen atoms in total. The number of piperidine rings is 1. The maximum Gasteiger partial charge on any atom is 0.134 e. The van der Waals surface area contributed by atoms with Crippen molar-refractivity contribution in [2.45, 2.75) is 56.9 Å². The van der Waals surface area contributed by atoms with Crippen LogP contribution in [0.25, 0.3) is 11.0 Å². The Balaban J connectivity index is 1.28. The Morgan fingerprint density at radius 1 is 1.00 bits per heavy atom. The highest BCUT2D eigenvalue weighted by Gasteiger charge is 2.24. The van der Waals surface area contributed by atoms with E-state index in [-0.39, 0.29) is 0 Å². The van der Waals surface area contributed by atoms with Crippen LogP contribution >= 0.6 is 0 Å². The van der Waals surface area contributed by atoms with Crippen molar-refractivity contribution in [3.05, 3.63) is 36.1 Å². The van der Waals surface area contributed by atoms with E-state index in [9.17, 15) is 0 Å². The fraction of sp³-hybridized carbons (Fsp3) is 0.619. The van der Waals surface area contributed by atoms with Crippen molar-refractivity contribution in [3.8, 4) is 0 Å². The molecule has 4 rings (SSSR count). The number of hydrogen-bond acceptors (Lipinski definition) is 3. The fourth-order valence-corrected chi connectivity index (χ4v) is 4.68. The highest BCUT2D eigenvalue weighted by atomic mass is 16.3. The molecule has 2 N–H and O–H groups in total. The SMILES string of the molecule is NC1CCC(CCN2CCC(c3cccc4occc34)CC2)CC1. The second-order valence-electron chi connectivity index (χ2n) is 7.87. The van der Waals surface area contributed by atoms with E-state index in [1.807, 2.05) is 6.26 Å². The molecule has 0 bridgehead atoms. The van der Waals surface area contributed by atoms with Gasteiger partial charge >= 0.3 is 0 Å². The lowest BCUT2D eigenvalue weighted by molar-refractivity contribution is 0.187. The average molecular weight is 326 g/mol. The minimum absolute atomic E-state index is 0.475. The monoisotopic (exact) mass is 326 g/mol. The molecule has 1 saturated carbocycles. The van der Waals surface area contributed by atoms with Crippen LogP contribution in [0.2, 0.25) is 0 Å². The van der Waals surface area contributed by atoms with Gasteiger partial charge in [0.2, 0.25) is 0 Å². The van der Waals surface area contributed by atoms with Crippen molar-refractivity contribution in [2.75, 3.05) is 19.6 Å². The predicted molar refractivity (Wildman–Crippen MR) is 99.2 cm³/mol. The Hall–Kier alpha value is -1.32. The quantitative estimate of drug-likeness (QED) is 0.898. The summed E-state index contributed by atoms with van der Waals surface area (Å²) in [6, 6.07) is 9.11. The Morgan fingerprint density at radius 3 is 2.58 bits per heavy atom. The van der Waals surface area contributed by atoms with E-state index in [1.165, 1.54) is 75.5 Å². The maximum atomic E-state index is 6.02. The van der Waals surface area contributed by atoms with Crippen LogP contribution in [0.1, 0.15) is 56.4 Å². The number of furan rings is 1. The zero-order chi connectivity index (χ0) is 16.4. The van der Waals surface area contributed by atoms with Crippen LogP contribution in [0.15, 0.2) is 34.9 Å². The summed E-state index contributed by atoms with van der Waals surface area (Å²) in [6.45, 7) is 3.76. The summed E-state index contributed by atoms with van der Waals surface area (Å²) in [7, 11) is 0. The first-order valence-corrected chi connectivity index (χ1v) is 9.73. The van der Waals surface area contributed by atoms with Crippen LogP contribution in [0, 0.1) is 5.92 Å². The highest BCUT2D eigenvalue weighted by Crippen LogP contribution is 2.34. The third kappa shape index (κ3) is 3.52. The molecule has 1 saturated heterocycles. The summed E-state index contributed by atoms with van der Waals surface area (Å²) in [4.78, 5) is 2.68. The molecular weight excluding hydrogens is 296 g/mol. The zero-order valence-corrected chi connectivity index (χ0v) is 14.6. The van der Waals surface area contributed by atoms with Crippen molar-refractivity contribution in [1.29, 1.82) is 0 Å². The largest absolute Gasteiger partial charge is 0.464 e. The summed E-state index contributed by atoms with van der Waals surface area (Å²) in [5, 5.41) is 1.31. The van der Waals surface area contributed by atoms with Crippen molar-refractivity contribution in [1.82, 2.24) is 4.90 Å². The van der Waals surface area contributed by atoms with Gasteiger partial charge in [-0.25, -0.2) is 0 Å². The maximum absolute atomic E-state index is 6.02. The fourth-order valence-electron chi connectivity index (χ4n) is 4.68. The Morgan fingerprint density at radius 2 is 1.79 bits per heavy atom. The summed E-state index contributed by atoms with van der Waals surface area (Å²) >= 11 is 0. The number of nitrogens with zero attached hydrogens (tertiary/aromatic N) is 1. The van der Waals surface area contributed by atoms with Gasteiger partial charge in [0.1, 0.15) is 5.58 Å². The Kier molecular flexibility index (Phi) is 4.91. The Labute approximate surface area is 145 Å². The van der Waals surface area contributed by atoms with E-state index < -0.39 is 0 Å². The first-order chi connectivity index (χ1) is 11.8. The number of likely N-dealkylation sites (tertiary alicyclic amines) is 1. The lowest BCUT2D eigenvalue weighted by atomic mass is 9.84. The molecule has 3 heteroatoms. The highest BCUT2D eigenvalue weighted by molar-refractivity contribution is 5.81. The van der Waals surface area contributed by atoms with Gasteiger partial charge < -0.3 is 15.1 Å². The molecule has 1 aliphatic heterocycles. The molecule has 2 heterocycles. The standard InChI is InChI=1S/C21H30N2O/c22-18-6-4-16(5-7-18)8-12-23-13-9-17(10-14-23)19-2-1-3-21-20(19)11-15-24-21/h1-3,11,15-18H,4-10,12-14,22H2. The van der Waals surface area contributed by atoms with Crippen LogP contribution in [0.4, 0.5) is 0 Å². The molecule has 1 aromatic carbocycles. The third-order valence-electron chi connectivity index (χ3n) is 6.30. The van der Waals surface area contributed by atoms with E-state index >= 15 is 0 Å². The molecule has 0 atom stereocenters. The number of nitrogens with two attached hydrogens (primary N) is 1. The number of fused-ring (bicyclic) bond motifs is 1. The normalized spacial score (nSPS) is 26.9. The van der Waals surface area contributed by atoms with Crippen LogP contribution < -0.4 is 5.73 Å². The predicted octanol–water partition coefficient (Wildman–Crippen LogP) is 4.52. The smallest absolute Gasteiger partial charge is 0.134 e. The first kappa shape index (κ1) is 16.2. The minimum Gasteiger partial charge on any atom is -0.464 e. The van der Waals surface area contributed by atoms with Gasteiger partial charge in [0, 0.05) is 11.4 Å². The molecule has 1 aromatic heterocycles. The van der Waals surface area contributed by atoms with Gasteiger partial charge in [-0.3, -0.25) is 0 Å². The molecule has 24 heavy (non-hydrogen) atoms. The van der Waals surface area contributed by atoms with Crippen LogP contribution in [-0.2, 0) is 0 Å². The van der Waals surface area contributed by atoms with E-state index in [0.717, 1.165) is 11.5 Å². The van der Waals surface area contributed by atoms with Gasteiger partial charge in [0.05, 0.1) is 6.26 Å². The molecule has 2 aromatic rings. The summed E-state index contributed by atoms with van der Waals surface area (Å²) < 4.78 is 5.56. The lowest BCUT2D eigenvalue weighted by Gasteiger charge is -2.34. The van der Waals surface area contributed by atoms with Crippen molar-refractivity contribution < 1.29 is 4.42 Å². The molecule has 1 aliphatic carbocycles. The van der Waals surface area contributed by atoms with Crippen molar-refractivity contribution in [3.63, 3.8) is 0 Å². The van der Waals surface area contributed by atoms with E-state index in [4.69, 9.17) is 10.2 Å². The average Bonchev–Trinajstić information content (AvgIpc) is 3.10. The third-order valence-corrected chi connectivity index (χ3v) is 6.30. The molecule has 0 unspecified atom stereocenters. The van der Waals surface area contributed by atoms with Gasteiger partial charge in [-0.05, 0) is 94.1 Å². The van der Waals surface area contributed by atoms with Gasteiger partial charge in [-0.15, -0.1) is 0 Å². The first-order valence-electron chi connectivity index (χ1n) is 9.73. The molecule has 130 valence electrons. The van der Waals surface area contributed by atoms with Gasteiger partial charge in [-0.1, -0.05) is 12.1 Å². The number of rotatable bonds is 4. The number of hydrogen-bond donors (Lipinski definition) is 1. The van der Waals surface area contributed by atoms with Gasteiger partial charge in [-0.2, -0.15) is 0 Å². The lowest BCUT2D eigenvalue weighted by Crippen LogP contribution is -2.35. The number of benzene rings is 1. The Bertz CT molecular complexity index is 649. The minimum atomic E-state index is 0.475. The van der Waals surface area contributed by atoms with E-state index in [1.54, 1.807) is 0 Å². The van der Waals surface area contributed by atoms with Crippen molar-refractivity contribution >= 4 is 11.0 Å². The van der Waals surface area contributed by atoms with Crippen LogP contribution in [0.3, 0.4) is 0 Å². The molecule has 2 aliphatic rings. The molecule has 0 radical (unpaired) electrons. The molecule has 0 spiro atoms. The van der Waals surface area contributed by atoms with E-state index in [0.29, 0.717) is 12.0 Å². The molecule has 0 amide bonds. The van der Waals surface area contributed by atoms with Crippen LogP contribution in [0.5, 0.6) is 0 Å². The van der Waals surface area contributed by atoms with Gasteiger partial charge in [0.25, 0.3) is 0 Å². The van der Waals surface area contributed by atoms with Crippen LogP contribution in [-0.4, -0.2) is 30.6 Å². The zero-order valence-electron chi connectivity index (χ0n) is 14.6. The van der Waals surface area contributed by atoms with Crippen molar-refractivity contribution in [2.24, 2.45) is 11.7 Å². The molecule has 2 fully saturated rings. The molecular formula is C21H30N2O. The summed E-state index contributed by atoms with van der Waals surface area (Å²) in [5.74, 6) is 1.61. The second-order valence-corrected chi connectivity index (χ2v) is 7.87. The summed E-state index contributed by atoms with van der Waals surface area (Å²) in [5.41, 5.74) is 8.54. The van der Waals surface area contributed by atoms with Gasteiger partial charge in [0.15, 0.2) is 0 Å². The second kappa shape index (κ2) is 7.28. The summed E-state index contributed by atoms with van der Waals surface area (Å²) in [6.07, 6.45) is 10.9. The topological polar surface area (TPSA) is 42.4 Å². The van der Waals surface area contributed by atoms with E-state index in [2.05, 4.69) is 29.2 Å².